The molecule has 2 rings (SSSR count). The molecule has 104 valence electrons. The van der Waals surface area contributed by atoms with Gasteiger partial charge in [0.05, 0.1) is 0 Å². The first kappa shape index (κ1) is 14.1. The minimum atomic E-state index is -0.512. The molecule has 0 radical (unpaired) electrons. The highest BCUT2D eigenvalue weighted by molar-refractivity contribution is 5.95. The summed E-state index contributed by atoms with van der Waals surface area (Å²) in [5.41, 5.74) is 8.95. The highest BCUT2D eigenvalue weighted by atomic mass is 19.1. The van der Waals surface area contributed by atoms with Crippen molar-refractivity contribution < 1.29 is 9.13 Å². The predicted molar refractivity (Wildman–Crippen MR) is 77.7 cm³/mol. The molecule has 3 N–H and O–H groups in total. The van der Waals surface area contributed by atoms with E-state index >= 15 is 0 Å². The van der Waals surface area contributed by atoms with Crippen LogP contribution in [-0.4, -0.2) is 5.84 Å². The smallest absolute Gasteiger partial charge is 0.165 e. The molecule has 2 aromatic rings. The zero-order valence-corrected chi connectivity index (χ0v) is 11.5. The highest BCUT2D eigenvalue weighted by Gasteiger charge is 2.07. The van der Waals surface area contributed by atoms with Gasteiger partial charge in [-0.05, 0) is 37.6 Å². The molecule has 4 heteroatoms. The number of aryl methyl sites for hydroxylation is 2. The van der Waals surface area contributed by atoms with Crippen molar-refractivity contribution in [3.8, 4) is 5.75 Å². The number of nitrogens with two attached hydrogens (primary N) is 1. The summed E-state index contributed by atoms with van der Waals surface area (Å²) in [7, 11) is 0. The van der Waals surface area contributed by atoms with E-state index in [1.165, 1.54) is 12.1 Å². The fourth-order valence-corrected chi connectivity index (χ4v) is 2.10. The summed E-state index contributed by atoms with van der Waals surface area (Å²) in [4.78, 5) is 0. The Morgan fingerprint density at radius 3 is 2.35 bits per heavy atom. The van der Waals surface area contributed by atoms with E-state index in [1.807, 2.05) is 26.0 Å². The van der Waals surface area contributed by atoms with Crippen LogP contribution in [-0.2, 0) is 6.61 Å². The van der Waals surface area contributed by atoms with E-state index in [0.717, 1.165) is 16.7 Å². The summed E-state index contributed by atoms with van der Waals surface area (Å²) in [6.45, 7) is 4.33. The van der Waals surface area contributed by atoms with Crippen molar-refractivity contribution >= 4 is 5.84 Å². The molecule has 0 atom stereocenters. The minimum Gasteiger partial charge on any atom is -0.486 e. The number of hydrogen-bond acceptors (Lipinski definition) is 2. The number of ether oxygens (including phenoxy) is 1. The van der Waals surface area contributed by atoms with Crippen LogP contribution in [0.2, 0.25) is 0 Å². The Bertz CT molecular complexity index is 633. The summed E-state index contributed by atoms with van der Waals surface area (Å²) in [5, 5.41) is 7.26. The Morgan fingerprint density at radius 1 is 1.15 bits per heavy atom. The van der Waals surface area contributed by atoms with Crippen LogP contribution < -0.4 is 10.5 Å². The Morgan fingerprint density at radius 2 is 1.80 bits per heavy atom. The van der Waals surface area contributed by atoms with Crippen LogP contribution in [0.1, 0.15) is 22.3 Å². The third-order valence-corrected chi connectivity index (χ3v) is 2.92. The second kappa shape index (κ2) is 5.74. The van der Waals surface area contributed by atoms with Gasteiger partial charge in [-0.1, -0.05) is 29.3 Å². The second-order valence-electron chi connectivity index (χ2n) is 4.84. The quantitative estimate of drug-likeness (QED) is 0.662. The van der Waals surface area contributed by atoms with Gasteiger partial charge in [0.25, 0.3) is 0 Å². The van der Waals surface area contributed by atoms with Crippen molar-refractivity contribution in [1.82, 2.24) is 0 Å². The fourth-order valence-electron chi connectivity index (χ4n) is 2.10. The molecular formula is C16H17FN2O. The van der Waals surface area contributed by atoms with Crippen LogP contribution in [0.15, 0.2) is 36.4 Å². The van der Waals surface area contributed by atoms with Crippen molar-refractivity contribution in [3.63, 3.8) is 0 Å². The Labute approximate surface area is 117 Å². The lowest BCUT2D eigenvalue weighted by atomic mass is 10.1. The lowest BCUT2D eigenvalue weighted by Crippen LogP contribution is -2.11. The Balaban J connectivity index is 2.12. The molecule has 0 unspecified atom stereocenters. The molecule has 0 heterocycles. The van der Waals surface area contributed by atoms with E-state index in [1.54, 1.807) is 6.07 Å². The Hall–Kier alpha value is -2.36. The SMILES string of the molecule is Cc1cc(C)cc(COc2ccc(C(=N)N)cc2F)c1. The normalized spacial score (nSPS) is 10.3. The topological polar surface area (TPSA) is 59.1 Å². The molecule has 0 saturated carbocycles. The van der Waals surface area contributed by atoms with Gasteiger partial charge in [-0.3, -0.25) is 5.41 Å². The molecule has 20 heavy (non-hydrogen) atoms. The molecule has 0 amide bonds. The molecule has 0 fully saturated rings. The van der Waals surface area contributed by atoms with Crippen molar-refractivity contribution in [2.75, 3.05) is 0 Å². The molecule has 3 nitrogen and oxygen atoms in total. The first-order valence-electron chi connectivity index (χ1n) is 6.29. The van der Waals surface area contributed by atoms with Crippen LogP contribution in [0.25, 0.3) is 0 Å². The van der Waals surface area contributed by atoms with Gasteiger partial charge in [-0.15, -0.1) is 0 Å². The summed E-state index contributed by atoms with van der Waals surface area (Å²) < 4.78 is 19.3. The van der Waals surface area contributed by atoms with E-state index in [2.05, 4.69) is 6.07 Å². The average molecular weight is 272 g/mol. The second-order valence-corrected chi connectivity index (χ2v) is 4.84. The number of benzene rings is 2. The summed E-state index contributed by atoms with van der Waals surface area (Å²) in [6, 6.07) is 10.4. The molecule has 0 aromatic heterocycles. The average Bonchev–Trinajstić information content (AvgIpc) is 2.36. The molecule has 0 spiro atoms. The fraction of sp³-hybridized carbons (Fsp3) is 0.188. The van der Waals surface area contributed by atoms with Gasteiger partial charge in [0, 0.05) is 5.56 Å². The zero-order chi connectivity index (χ0) is 14.7. The molecule has 0 aliphatic carbocycles. The van der Waals surface area contributed by atoms with Gasteiger partial charge >= 0.3 is 0 Å². The van der Waals surface area contributed by atoms with Gasteiger partial charge in [-0.25, -0.2) is 4.39 Å². The molecule has 2 aromatic carbocycles. The Kier molecular flexibility index (Phi) is 4.03. The molecule has 0 saturated heterocycles. The van der Waals surface area contributed by atoms with E-state index in [9.17, 15) is 4.39 Å². The number of hydrogen-bond donors (Lipinski definition) is 2. The lowest BCUT2D eigenvalue weighted by Gasteiger charge is -2.10. The van der Waals surface area contributed by atoms with Gasteiger partial charge in [0.15, 0.2) is 11.6 Å². The molecular weight excluding hydrogens is 255 g/mol. The van der Waals surface area contributed by atoms with Crippen LogP contribution in [0.5, 0.6) is 5.75 Å². The van der Waals surface area contributed by atoms with Crippen molar-refractivity contribution in [2.24, 2.45) is 5.73 Å². The molecule has 0 bridgehead atoms. The van der Waals surface area contributed by atoms with Crippen LogP contribution in [0.3, 0.4) is 0 Å². The first-order chi connectivity index (χ1) is 9.45. The van der Waals surface area contributed by atoms with Crippen molar-refractivity contribution in [2.45, 2.75) is 20.5 Å². The third kappa shape index (κ3) is 3.35. The van der Waals surface area contributed by atoms with Gasteiger partial charge < -0.3 is 10.5 Å². The summed E-state index contributed by atoms with van der Waals surface area (Å²) in [5.74, 6) is -0.513. The van der Waals surface area contributed by atoms with Gasteiger partial charge in [0.2, 0.25) is 0 Å². The monoisotopic (exact) mass is 272 g/mol. The predicted octanol–water partition coefficient (Wildman–Crippen LogP) is 3.31. The summed E-state index contributed by atoms with van der Waals surface area (Å²) in [6.07, 6.45) is 0. The molecule has 0 aliphatic heterocycles. The standard InChI is InChI=1S/C16H17FN2O/c1-10-5-11(2)7-12(6-10)9-20-15-4-3-13(16(18)19)8-14(15)17/h3-8H,9H2,1-2H3,(H3,18,19). The maximum atomic E-state index is 13.8. The zero-order valence-electron chi connectivity index (χ0n) is 11.5. The van der Waals surface area contributed by atoms with Crippen LogP contribution in [0.4, 0.5) is 4.39 Å². The largest absolute Gasteiger partial charge is 0.486 e. The summed E-state index contributed by atoms with van der Waals surface area (Å²) >= 11 is 0. The van der Waals surface area contributed by atoms with E-state index in [4.69, 9.17) is 15.9 Å². The third-order valence-electron chi connectivity index (χ3n) is 2.92. The van der Waals surface area contributed by atoms with E-state index < -0.39 is 5.82 Å². The van der Waals surface area contributed by atoms with Crippen molar-refractivity contribution in [3.05, 3.63) is 64.5 Å². The maximum absolute atomic E-state index is 13.8. The van der Waals surface area contributed by atoms with Gasteiger partial charge in [-0.2, -0.15) is 0 Å². The highest BCUT2D eigenvalue weighted by Crippen LogP contribution is 2.20. The number of amidine groups is 1. The minimum absolute atomic E-state index is 0.161. The molecule has 0 aliphatic rings. The van der Waals surface area contributed by atoms with E-state index in [-0.39, 0.29) is 11.6 Å². The van der Waals surface area contributed by atoms with E-state index in [0.29, 0.717) is 12.2 Å². The van der Waals surface area contributed by atoms with Crippen molar-refractivity contribution in [1.29, 1.82) is 5.41 Å². The van der Waals surface area contributed by atoms with Gasteiger partial charge in [0.1, 0.15) is 12.4 Å². The van der Waals surface area contributed by atoms with Crippen LogP contribution in [0, 0.1) is 25.1 Å². The number of nitrogens with one attached hydrogen (secondary N) is 1. The maximum Gasteiger partial charge on any atom is 0.165 e. The lowest BCUT2D eigenvalue weighted by molar-refractivity contribution is 0.290. The number of halogens is 1. The van der Waals surface area contributed by atoms with Crippen LogP contribution >= 0.6 is 0 Å². The number of rotatable bonds is 4. The number of nitrogen functional groups attached to an aromatic ring is 1. The first-order valence-corrected chi connectivity index (χ1v) is 6.29.